The van der Waals surface area contributed by atoms with Crippen LogP contribution in [0.15, 0.2) is 30.3 Å². The number of fused-ring (bicyclic) bond motifs is 5. The molecule has 4 heterocycles. The van der Waals surface area contributed by atoms with Crippen molar-refractivity contribution in [3.05, 3.63) is 35.9 Å². The van der Waals surface area contributed by atoms with Gasteiger partial charge in [-0.1, -0.05) is 30.3 Å². The lowest BCUT2D eigenvalue weighted by molar-refractivity contribution is -0.245. The molecule has 0 spiro atoms. The van der Waals surface area contributed by atoms with Crippen LogP contribution >= 0.6 is 0 Å². The van der Waals surface area contributed by atoms with Crippen LogP contribution in [0, 0.1) is 0 Å². The van der Waals surface area contributed by atoms with E-state index in [2.05, 4.69) is 12.1 Å². The molecule has 4 aliphatic heterocycles. The van der Waals surface area contributed by atoms with Gasteiger partial charge in [0.1, 0.15) is 30.0 Å². The van der Waals surface area contributed by atoms with Gasteiger partial charge < -0.3 is 28.4 Å². The topological polar surface area (TPSA) is 58.7 Å². The Balaban J connectivity index is 1.28. The van der Waals surface area contributed by atoms with Gasteiger partial charge in [-0.2, -0.15) is 0 Å². The molecule has 0 N–H and O–H groups in total. The highest BCUT2D eigenvalue weighted by molar-refractivity contribution is 5.16. The van der Waals surface area contributed by atoms with E-state index in [1.165, 1.54) is 0 Å². The number of ether oxygens (including phenoxy) is 6. The zero-order valence-corrected chi connectivity index (χ0v) is 14.6. The van der Waals surface area contributed by atoms with Crippen molar-refractivity contribution in [1.29, 1.82) is 0 Å². The summed E-state index contributed by atoms with van der Waals surface area (Å²) in [6, 6.07) is 10.2. The fraction of sp³-hybridized carbons (Fsp3) is 0.684. The van der Waals surface area contributed by atoms with Crippen molar-refractivity contribution in [3.63, 3.8) is 0 Å². The summed E-state index contributed by atoms with van der Waals surface area (Å²) < 4.78 is 36.1. The second-order valence-corrected chi connectivity index (χ2v) is 7.67. The van der Waals surface area contributed by atoms with Crippen molar-refractivity contribution < 1.29 is 28.4 Å². The highest BCUT2D eigenvalue weighted by atomic mass is 16.9. The molecule has 0 aliphatic carbocycles. The summed E-state index contributed by atoms with van der Waals surface area (Å²) in [5.41, 5.74) is 0.598. The van der Waals surface area contributed by atoms with E-state index in [0.29, 0.717) is 26.2 Å². The lowest BCUT2D eigenvalue weighted by Gasteiger charge is -2.39. The number of rotatable bonds is 5. The number of hydrogen-bond acceptors (Lipinski definition) is 6. The van der Waals surface area contributed by atoms with Gasteiger partial charge in [0.2, 0.25) is 0 Å². The van der Waals surface area contributed by atoms with Gasteiger partial charge in [-0.25, -0.2) is 0 Å². The van der Waals surface area contributed by atoms with Gasteiger partial charge in [-0.15, -0.1) is 0 Å². The van der Waals surface area contributed by atoms with Crippen molar-refractivity contribution in [3.8, 4) is 0 Å². The highest BCUT2D eigenvalue weighted by Crippen LogP contribution is 2.53. The second kappa shape index (κ2) is 5.74. The third-order valence-corrected chi connectivity index (χ3v) is 5.49. The lowest BCUT2D eigenvalue weighted by Crippen LogP contribution is -2.57. The minimum atomic E-state index is -0.664. The predicted octanol–water partition coefficient (Wildman–Crippen LogP) is 2.01. The van der Waals surface area contributed by atoms with E-state index in [0.717, 1.165) is 5.56 Å². The minimum absolute atomic E-state index is 0.0868. The normalized spacial score (nSPS) is 43.4. The van der Waals surface area contributed by atoms with Gasteiger partial charge in [-0.3, -0.25) is 0 Å². The summed E-state index contributed by atoms with van der Waals surface area (Å²) in [5.74, 6) is -0.664. The Hall–Kier alpha value is -1.02. The maximum absolute atomic E-state index is 6.27. The number of benzene rings is 1. The van der Waals surface area contributed by atoms with Crippen LogP contribution in [0.1, 0.15) is 25.8 Å². The molecule has 5 rings (SSSR count). The molecule has 4 aliphatic rings. The molecule has 0 aromatic heterocycles. The zero-order chi connectivity index (χ0) is 17.1. The Labute approximate surface area is 147 Å². The van der Waals surface area contributed by atoms with E-state index in [-0.39, 0.29) is 24.4 Å². The van der Waals surface area contributed by atoms with Crippen LogP contribution in [0.3, 0.4) is 0 Å². The first kappa shape index (κ1) is 16.2. The second-order valence-electron chi connectivity index (χ2n) is 7.67. The molecular formula is C19H24O6. The molecule has 0 radical (unpaired) electrons. The Kier molecular flexibility index (Phi) is 3.71. The van der Waals surface area contributed by atoms with Crippen LogP contribution in [-0.2, 0) is 35.0 Å². The van der Waals surface area contributed by atoms with E-state index < -0.39 is 17.7 Å². The molecule has 0 amide bonds. The van der Waals surface area contributed by atoms with Crippen molar-refractivity contribution in [1.82, 2.24) is 0 Å². The molecule has 0 bridgehead atoms. The molecule has 25 heavy (non-hydrogen) atoms. The Morgan fingerprint density at radius 1 is 1.08 bits per heavy atom. The molecule has 4 saturated heterocycles. The first-order valence-electron chi connectivity index (χ1n) is 9.00. The first-order chi connectivity index (χ1) is 12.1. The van der Waals surface area contributed by atoms with Crippen LogP contribution in [0.2, 0.25) is 0 Å². The highest BCUT2D eigenvalue weighted by Gasteiger charge is 2.72. The standard InChI is InChI=1S/C19H24O6/c1-18(2)24-16-17(25-18)23-15-14-13(22-14)11-21-19(15,16)8-9-20-10-12-6-4-3-5-7-12/h3-7,13-17H,8-11H2,1-2H3/t13-,14-,15+,16-,17+,19+/m0/s1. The summed E-state index contributed by atoms with van der Waals surface area (Å²) in [7, 11) is 0. The van der Waals surface area contributed by atoms with Gasteiger partial charge in [0.05, 0.1) is 13.2 Å². The average molecular weight is 348 g/mol. The van der Waals surface area contributed by atoms with E-state index in [4.69, 9.17) is 28.4 Å². The summed E-state index contributed by atoms with van der Waals surface area (Å²) in [4.78, 5) is 0. The molecule has 0 unspecified atom stereocenters. The van der Waals surface area contributed by atoms with Crippen molar-refractivity contribution in [2.24, 2.45) is 0 Å². The number of hydrogen-bond donors (Lipinski definition) is 0. The van der Waals surface area contributed by atoms with Crippen molar-refractivity contribution >= 4 is 0 Å². The summed E-state index contributed by atoms with van der Waals surface area (Å²) in [6.07, 6.45) is 0.115. The fourth-order valence-electron chi connectivity index (χ4n) is 4.25. The lowest BCUT2D eigenvalue weighted by atomic mass is 9.84. The molecule has 0 saturated carbocycles. The predicted molar refractivity (Wildman–Crippen MR) is 86.8 cm³/mol. The average Bonchev–Trinajstić information content (AvgIpc) is 3.24. The van der Waals surface area contributed by atoms with E-state index in [1.54, 1.807) is 0 Å². The molecule has 6 nitrogen and oxygen atoms in total. The van der Waals surface area contributed by atoms with Gasteiger partial charge >= 0.3 is 0 Å². The third kappa shape index (κ3) is 2.72. The number of epoxide rings is 1. The van der Waals surface area contributed by atoms with Gasteiger partial charge in [0, 0.05) is 13.0 Å². The van der Waals surface area contributed by atoms with Crippen LogP contribution in [0.25, 0.3) is 0 Å². The van der Waals surface area contributed by atoms with Gasteiger partial charge in [-0.05, 0) is 19.4 Å². The van der Waals surface area contributed by atoms with E-state index >= 15 is 0 Å². The first-order valence-corrected chi connectivity index (χ1v) is 9.00. The van der Waals surface area contributed by atoms with Crippen LogP contribution in [0.4, 0.5) is 0 Å². The molecule has 1 aromatic carbocycles. The van der Waals surface area contributed by atoms with Crippen LogP contribution in [0.5, 0.6) is 0 Å². The maximum Gasteiger partial charge on any atom is 0.190 e. The van der Waals surface area contributed by atoms with E-state index in [1.807, 2.05) is 32.0 Å². The molecule has 6 heteroatoms. The molecule has 4 fully saturated rings. The molecule has 6 atom stereocenters. The SMILES string of the molecule is CC1(C)O[C@H]2O[C@@H]3[C@H]4O[C@H]4CO[C@@]3(CCOCc3ccccc3)[C@H]2O1. The molecular weight excluding hydrogens is 324 g/mol. The van der Waals surface area contributed by atoms with E-state index in [9.17, 15) is 0 Å². The zero-order valence-electron chi connectivity index (χ0n) is 14.6. The third-order valence-electron chi connectivity index (χ3n) is 5.49. The van der Waals surface area contributed by atoms with Crippen molar-refractivity contribution in [2.45, 2.75) is 69.0 Å². The summed E-state index contributed by atoms with van der Waals surface area (Å²) >= 11 is 0. The largest absolute Gasteiger partial charge is 0.377 e. The van der Waals surface area contributed by atoms with Crippen LogP contribution < -0.4 is 0 Å². The van der Waals surface area contributed by atoms with Crippen molar-refractivity contribution in [2.75, 3.05) is 13.2 Å². The maximum atomic E-state index is 6.27. The molecule has 1 aromatic rings. The monoisotopic (exact) mass is 348 g/mol. The Morgan fingerprint density at radius 3 is 2.76 bits per heavy atom. The minimum Gasteiger partial charge on any atom is -0.377 e. The Bertz CT molecular complexity index is 634. The fourth-order valence-corrected chi connectivity index (χ4v) is 4.25. The summed E-state index contributed by atoms with van der Waals surface area (Å²) in [6.45, 7) is 5.54. The van der Waals surface area contributed by atoms with Gasteiger partial charge in [0.25, 0.3) is 0 Å². The van der Waals surface area contributed by atoms with Crippen LogP contribution in [-0.4, -0.2) is 55.3 Å². The smallest absolute Gasteiger partial charge is 0.190 e. The quantitative estimate of drug-likeness (QED) is 0.599. The summed E-state index contributed by atoms with van der Waals surface area (Å²) in [5, 5.41) is 0. The Morgan fingerprint density at radius 2 is 1.92 bits per heavy atom. The molecule has 136 valence electrons. The van der Waals surface area contributed by atoms with Gasteiger partial charge in [0.15, 0.2) is 12.1 Å².